The predicted octanol–water partition coefficient (Wildman–Crippen LogP) is 1.94. The summed E-state index contributed by atoms with van der Waals surface area (Å²) in [7, 11) is 0. The number of fused-ring (bicyclic) bond motifs is 6. The standard InChI is InChI=1S/C21H13FN6O3/c22-10-6-7-12-11(8-10)21(19(30)23-12)13-15(9-4-2-1-3-5-9)27-28-17(13)24-16-14(21)18(29)26-20(31)25-16/h1-8H,(H,23,30)(H4,24,25,26,27,28,29,31). The van der Waals surface area contributed by atoms with E-state index in [2.05, 4.69) is 30.8 Å². The van der Waals surface area contributed by atoms with E-state index in [9.17, 15) is 18.8 Å². The zero-order chi connectivity index (χ0) is 21.3. The van der Waals surface area contributed by atoms with E-state index in [1.54, 1.807) is 0 Å². The average molecular weight is 416 g/mol. The second kappa shape index (κ2) is 5.79. The maximum atomic E-state index is 14.4. The monoisotopic (exact) mass is 416 g/mol. The van der Waals surface area contributed by atoms with Gasteiger partial charge in [-0.05, 0) is 23.8 Å². The van der Waals surface area contributed by atoms with Crippen molar-refractivity contribution in [1.82, 2.24) is 20.2 Å². The number of aromatic nitrogens is 4. The van der Waals surface area contributed by atoms with E-state index in [4.69, 9.17) is 0 Å². The number of nitrogens with zero attached hydrogens (tertiary/aromatic N) is 1. The summed E-state index contributed by atoms with van der Waals surface area (Å²) in [6.07, 6.45) is 0. The molecule has 152 valence electrons. The van der Waals surface area contributed by atoms with Crippen LogP contribution in [0.4, 0.5) is 21.7 Å². The summed E-state index contributed by atoms with van der Waals surface area (Å²) in [5.74, 6) is -0.838. The summed E-state index contributed by atoms with van der Waals surface area (Å²) in [5, 5.41) is 12.9. The lowest BCUT2D eigenvalue weighted by Gasteiger charge is -2.33. The number of benzene rings is 2. The van der Waals surface area contributed by atoms with E-state index in [0.29, 0.717) is 16.9 Å². The third-order valence-corrected chi connectivity index (χ3v) is 5.74. The van der Waals surface area contributed by atoms with Crippen molar-refractivity contribution in [3.8, 4) is 11.3 Å². The maximum absolute atomic E-state index is 14.4. The zero-order valence-electron chi connectivity index (χ0n) is 15.7. The molecule has 4 aromatic rings. The highest BCUT2D eigenvalue weighted by atomic mass is 19.1. The Labute approximate surface area is 172 Å². The number of rotatable bonds is 1. The molecule has 0 bridgehead atoms. The average Bonchev–Trinajstić information content (AvgIpc) is 3.28. The fourth-order valence-corrected chi connectivity index (χ4v) is 4.56. The minimum Gasteiger partial charge on any atom is -0.324 e. The first-order valence-corrected chi connectivity index (χ1v) is 9.40. The van der Waals surface area contributed by atoms with Crippen molar-refractivity contribution in [2.45, 2.75) is 5.41 Å². The van der Waals surface area contributed by atoms with Crippen LogP contribution >= 0.6 is 0 Å². The Hall–Kier alpha value is -4.47. The Balaban J connectivity index is 1.81. The molecule has 31 heavy (non-hydrogen) atoms. The van der Waals surface area contributed by atoms with Gasteiger partial charge in [0.05, 0.1) is 11.3 Å². The van der Waals surface area contributed by atoms with Crippen LogP contribution in [0.5, 0.6) is 0 Å². The highest BCUT2D eigenvalue weighted by molar-refractivity contribution is 6.14. The van der Waals surface area contributed by atoms with Crippen LogP contribution in [0.2, 0.25) is 0 Å². The zero-order valence-corrected chi connectivity index (χ0v) is 15.7. The molecule has 4 heterocycles. The van der Waals surface area contributed by atoms with Crippen molar-refractivity contribution in [1.29, 1.82) is 0 Å². The van der Waals surface area contributed by atoms with E-state index in [0.717, 1.165) is 5.56 Å². The first kappa shape index (κ1) is 17.4. The van der Waals surface area contributed by atoms with Crippen LogP contribution in [0.25, 0.3) is 11.3 Å². The van der Waals surface area contributed by atoms with Gasteiger partial charge in [-0.3, -0.25) is 24.7 Å². The van der Waals surface area contributed by atoms with Gasteiger partial charge in [-0.2, -0.15) is 5.10 Å². The molecule has 1 unspecified atom stereocenters. The Morgan fingerprint density at radius 1 is 0.903 bits per heavy atom. The van der Waals surface area contributed by atoms with E-state index in [1.165, 1.54) is 18.2 Å². The molecule has 0 fully saturated rings. The molecule has 0 aliphatic carbocycles. The number of halogens is 1. The molecule has 1 atom stereocenters. The third-order valence-electron chi connectivity index (χ3n) is 5.74. The summed E-state index contributed by atoms with van der Waals surface area (Å²) in [6, 6.07) is 13.0. The van der Waals surface area contributed by atoms with Gasteiger partial charge in [-0.15, -0.1) is 0 Å². The molecule has 5 N–H and O–H groups in total. The molecule has 10 heteroatoms. The molecule has 6 rings (SSSR count). The summed E-state index contributed by atoms with van der Waals surface area (Å²) in [5.41, 5.74) is -1.07. The number of hydrogen-bond acceptors (Lipinski definition) is 5. The molecule has 0 saturated carbocycles. The lowest BCUT2D eigenvalue weighted by molar-refractivity contribution is -0.118. The van der Waals surface area contributed by atoms with E-state index in [-0.39, 0.29) is 22.8 Å². The lowest BCUT2D eigenvalue weighted by Crippen LogP contribution is -2.46. The van der Waals surface area contributed by atoms with E-state index >= 15 is 0 Å². The number of amides is 1. The van der Waals surface area contributed by atoms with Gasteiger partial charge >= 0.3 is 5.69 Å². The molecule has 2 aromatic heterocycles. The van der Waals surface area contributed by atoms with Gasteiger partial charge in [0.25, 0.3) is 5.56 Å². The highest BCUT2D eigenvalue weighted by Gasteiger charge is 2.58. The number of H-pyrrole nitrogens is 3. The topological polar surface area (TPSA) is 136 Å². The molecular weight excluding hydrogens is 403 g/mol. The highest BCUT2D eigenvalue weighted by Crippen LogP contribution is 2.55. The quantitative estimate of drug-likeness (QED) is 0.323. The van der Waals surface area contributed by atoms with Crippen LogP contribution in [0.15, 0.2) is 58.1 Å². The molecule has 0 saturated heterocycles. The van der Waals surface area contributed by atoms with E-state index < -0.39 is 28.4 Å². The lowest BCUT2D eigenvalue weighted by atomic mass is 9.68. The number of nitrogens with one attached hydrogen (secondary N) is 5. The Kier molecular flexibility index (Phi) is 3.25. The summed E-state index contributed by atoms with van der Waals surface area (Å²) < 4.78 is 14.4. The largest absolute Gasteiger partial charge is 0.327 e. The third kappa shape index (κ3) is 2.13. The fraction of sp³-hybridized carbons (Fsp3) is 0.0476. The van der Waals surface area contributed by atoms with Crippen LogP contribution in [-0.4, -0.2) is 26.1 Å². The van der Waals surface area contributed by atoms with Gasteiger partial charge in [0.2, 0.25) is 5.91 Å². The molecule has 9 nitrogen and oxygen atoms in total. The molecule has 2 aliphatic heterocycles. The van der Waals surface area contributed by atoms with Gasteiger partial charge in [-0.1, -0.05) is 30.3 Å². The number of anilines is 3. The van der Waals surface area contributed by atoms with Crippen molar-refractivity contribution in [3.05, 3.63) is 91.9 Å². The first-order chi connectivity index (χ1) is 15.0. The molecule has 2 aromatic carbocycles. The first-order valence-electron chi connectivity index (χ1n) is 9.40. The number of carbonyl (C=O) groups is 1. The van der Waals surface area contributed by atoms with Crippen molar-refractivity contribution in [3.63, 3.8) is 0 Å². The number of carbonyl (C=O) groups excluding carboxylic acids is 1. The van der Waals surface area contributed by atoms with Crippen LogP contribution < -0.4 is 21.9 Å². The summed E-state index contributed by atoms with van der Waals surface area (Å²) >= 11 is 0. The van der Waals surface area contributed by atoms with Gasteiger partial charge < -0.3 is 10.6 Å². The van der Waals surface area contributed by atoms with Gasteiger partial charge in [-0.25, -0.2) is 9.18 Å². The van der Waals surface area contributed by atoms with Crippen molar-refractivity contribution in [2.24, 2.45) is 0 Å². The second-order valence-corrected chi connectivity index (χ2v) is 7.37. The van der Waals surface area contributed by atoms with Crippen molar-refractivity contribution in [2.75, 3.05) is 10.6 Å². The van der Waals surface area contributed by atoms with Crippen LogP contribution in [0, 0.1) is 5.82 Å². The minimum atomic E-state index is -1.73. The smallest absolute Gasteiger partial charge is 0.324 e. The molecule has 2 aliphatic rings. The van der Waals surface area contributed by atoms with Crippen LogP contribution in [-0.2, 0) is 10.2 Å². The SMILES string of the molecule is O=C1Nc2ccc(F)cc2C12c1c(n[nH]c1-c1ccccc1)Nc1[nH]c(=O)[nH]c(=O)c12. The van der Waals surface area contributed by atoms with Gasteiger partial charge in [0.1, 0.15) is 17.1 Å². The Bertz CT molecular complexity index is 1520. The normalized spacial score (nSPS) is 18.2. The number of aromatic amines is 3. The molecule has 0 radical (unpaired) electrons. The van der Waals surface area contributed by atoms with E-state index in [1.807, 2.05) is 30.3 Å². The predicted molar refractivity (Wildman–Crippen MR) is 110 cm³/mol. The number of hydrogen-bond donors (Lipinski definition) is 5. The Morgan fingerprint density at radius 2 is 1.71 bits per heavy atom. The molecule has 1 amide bonds. The van der Waals surface area contributed by atoms with Crippen LogP contribution in [0.1, 0.15) is 16.7 Å². The van der Waals surface area contributed by atoms with Gasteiger partial charge in [0.15, 0.2) is 5.82 Å². The van der Waals surface area contributed by atoms with Crippen molar-refractivity contribution < 1.29 is 9.18 Å². The molecule has 1 spiro atoms. The minimum absolute atomic E-state index is 0.0274. The molecular formula is C21H13FN6O3. The van der Waals surface area contributed by atoms with Gasteiger partial charge in [0, 0.05) is 16.8 Å². The Morgan fingerprint density at radius 3 is 2.52 bits per heavy atom. The maximum Gasteiger partial charge on any atom is 0.327 e. The fourth-order valence-electron chi connectivity index (χ4n) is 4.56. The van der Waals surface area contributed by atoms with Crippen molar-refractivity contribution >= 4 is 23.2 Å². The second-order valence-electron chi connectivity index (χ2n) is 7.37. The summed E-state index contributed by atoms with van der Waals surface area (Å²) in [6.45, 7) is 0. The summed E-state index contributed by atoms with van der Waals surface area (Å²) in [4.78, 5) is 43.3. The van der Waals surface area contributed by atoms with Crippen LogP contribution in [0.3, 0.4) is 0 Å².